The number of esters is 3. The lowest BCUT2D eigenvalue weighted by molar-refractivity contribution is -0.166. The van der Waals surface area contributed by atoms with Crippen molar-refractivity contribution in [2.24, 2.45) is 0 Å². The molecule has 0 heterocycles. The molecule has 1 atom stereocenters. The van der Waals surface area contributed by atoms with Crippen LogP contribution in [-0.4, -0.2) is 37.2 Å². The fourth-order valence-corrected chi connectivity index (χ4v) is 8.32. The van der Waals surface area contributed by atoms with Gasteiger partial charge in [-0.25, -0.2) is 0 Å². The summed E-state index contributed by atoms with van der Waals surface area (Å²) < 4.78 is 16.8. The molecule has 0 saturated carbocycles. The molecular formula is C66H112O6. The minimum Gasteiger partial charge on any atom is -0.462 e. The summed E-state index contributed by atoms with van der Waals surface area (Å²) in [4.78, 5) is 38.2. The van der Waals surface area contributed by atoms with Crippen LogP contribution in [0, 0.1) is 0 Å². The normalized spacial score (nSPS) is 12.8. The molecule has 0 rings (SSSR count). The van der Waals surface area contributed by atoms with E-state index in [0.717, 1.165) is 83.5 Å². The lowest BCUT2D eigenvalue weighted by Crippen LogP contribution is -2.30. The first-order valence-corrected chi connectivity index (χ1v) is 30.2. The lowest BCUT2D eigenvalue weighted by Gasteiger charge is -2.18. The summed E-state index contributed by atoms with van der Waals surface area (Å²) in [5, 5.41) is 0. The molecule has 0 spiro atoms. The van der Waals surface area contributed by atoms with Crippen molar-refractivity contribution in [2.75, 3.05) is 13.2 Å². The first kappa shape index (κ1) is 68.3. The van der Waals surface area contributed by atoms with Crippen LogP contribution in [0.5, 0.6) is 0 Å². The Kier molecular flexibility index (Phi) is 56.8. The number of ether oxygens (including phenoxy) is 3. The van der Waals surface area contributed by atoms with Crippen molar-refractivity contribution in [2.45, 2.75) is 290 Å². The maximum absolute atomic E-state index is 12.9. The highest BCUT2D eigenvalue weighted by atomic mass is 16.6. The van der Waals surface area contributed by atoms with Crippen molar-refractivity contribution in [1.82, 2.24) is 0 Å². The van der Waals surface area contributed by atoms with Gasteiger partial charge < -0.3 is 14.2 Å². The zero-order chi connectivity index (χ0) is 52.2. The van der Waals surface area contributed by atoms with Crippen molar-refractivity contribution in [3.63, 3.8) is 0 Å². The Morgan fingerprint density at radius 2 is 0.569 bits per heavy atom. The van der Waals surface area contributed by atoms with Crippen LogP contribution >= 0.6 is 0 Å². The number of carbonyl (C=O) groups excluding carboxylic acids is 3. The van der Waals surface area contributed by atoms with Crippen LogP contribution in [0.3, 0.4) is 0 Å². The monoisotopic (exact) mass is 1000 g/mol. The highest BCUT2D eigenvalue weighted by Gasteiger charge is 2.19. The minimum atomic E-state index is -0.810. The molecule has 0 aliphatic heterocycles. The summed E-state index contributed by atoms with van der Waals surface area (Å²) in [6.07, 6.45) is 79.8. The summed E-state index contributed by atoms with van der Waals surface area (Å²) in [6.45, 7) is 6.46. The van der Waals surface area contributed by atoms with E-state index in [4.69, 9.17) is 14.2 Å². The Bertz CT molecular complexity index is 1430. The van der Waals surface area contributed by atoms with Crippen molar-refractivity contribution in [3.05, 3.63) is 97.2 Å². The molecule has 0 aliphatic rings. The first-order valence-electron chi connectivity index (χ1n) is 30.2. The smallest absolute Gasteiger partial charge is 0.306 e. The lowest BCUT2D eigenvalue weighted by atomic mass is 10.0. The van der Waals surface area contributed by atoms with E-state index in [2.05, 4.69) is 112 Å². The van der Waals surface area contributed by atoms with Gasteiger partial charge in [-0.3, -0.25) is 14.4 Å². The zero-order valence-electron chi connectivity index (χ0n) is 47.2. The molecule has 0 aromatic heterocycles. The number of allylic oxidation sites excluding steroid dienone is 16. The van der Waals surface area contributed by atoms with E-state index in [1.54, 1.807) is 0 Å². The van der Waals surface area contributed by atoms with Gasteiger partial charge in [0.1, 0.15) is 13.2 Å². The molecule has 0 aliphatic carbocycles. The van der Waals surface area contributed by atoms with E-state index < -0.39 is 6.10 Å². The quantitative estimate of drug-likeness (QED) is 0.0261. The number of rotatable bonds is 54. The Balaban J connectivity index is 4.49. The molecule has 412 valence electrons. The standard InChI is InChI=1S/C66H112O6/c1-4-7-10-13-16-19-22-25-28-31-33-35-38-41-44-47-50-53-56-59-65(68)71-62-63(61-70-64(67)58-55-52-49-46-43-40-37-30-27-24-21-18-15-12-9-6-3)72-66(69)60-57-54-51-48-45-42-39-36-34-32-29-26-23-20-17-14-11-8-5-2/h7,10,16-17,19-20,25-26,28-29,33,35,41,44,50,53,63H,4-6,8-9,11-15,18,21-24,27,30-32,34,36-40,42-43,45-49,51-52,54-62H2,1-3H3/b10-7-,19-16-,20-17-,28-25-,29-26-,35-33-,44-41-,53-50-/t63-/m1/s1. The van der Waals surface area contributed by atoms with Crippen molar-refractivity contribution in [1.29, 1.82) is 0 Å². The van der Waals surface area contributed by atoms with E-state index in [1.807, 2.05) is 6.08 Å². The highest BCUT2D eigenvalue weighted by Crippen LogP contribution is 2.16. The molecule has 6 nitrogen and oxygen atoms in total. The Hall–Kier alpha value is -3.67. The Morgan fingerprint density at radius 3 is 0.958 bits per heavy atom. The minimum absolute atomic E-state index is 0.101. The molecule has 0 aromatic carbocycles. The van der Waals surface area contributed by atoms with Gasteiger partial charge in [0, 0.05) is 19.3 Å². The molecule has 6 heteroatoms. The first-order chi connectivity index (χ1) is 35.5. The van der Waals surface area contributed by atoms with Crippen LogP contribution in [0.25, 0.3) is 0 Å². The van der Waals surface area contributed by atoms with Crippen molar-refractivity contribution < 1.29 is 28.6 Å². The van der Waals surface area contributed by atoms with Crippen molar-refractivity contribution >= 4 is 17.9 Å². The van der Waals surface area contributed by atoms with Gasteiger partial charge in [0.25, 0.3) is 0 Å². The number of hydrogen-bond donors (Lipinski definition) is 0. The van der Waals surface area contributed by atoms with Gasteiger partial charge >= 0.3 is 17.9 Å². The maximum Gasteiger partial charge on any atom is 0.306 e. The van der Waals surface area contributed by atoms with Gasteiger partial charge in [0.05, 0.1) is 0 Å². The fraction of sp³-hybridized carbons (Fsp3) is 0.712. The summed E-state index contributed by atoms with van der Waals surface area (Å²) in [5.74, 6) is -0.984. The predicted molar refractivity (Wildman–Crippen MR) is 311 cm³/mol. The van der Waals surface area contributed by atoms with Crippen LogP contribution in [-0.2, 0) is 28.6 Å². The molecule has 0 N–H and O–H groups in total. The van der Waals surface area contributed by atoms with Gasteiger partial charge in [0.15, 0.2) is 6.10 Å². The summed E-state index contributed by atoms with van der Waals surface area (Å²) in [5.41, 5.74) is 0. The predicted octanol–water partition coefficient (Wildman–Crippen LogP) is 20.5. The van der Waals surface area contributed by atoms with E-state index in [0.29, 0.717) is 19.3 Å². The molecule has 0 bridgehead atoms. The third-order valence-corrected chi connectivity index (χ3v) is 12.8. The van der Waals surface area contributed by atoms with Crippen LogP contribution in [0.4, 0.5) is 0 Å². The molecule has 72 heavy (non-hydrogen) atoms. The second-order valence-corrected chi connectivity index (χ2v) is 19.9. The number of carbonyl (C=O) groups is 3. The summed E-state index contributed by atoms with van der Waals surface area (Å²) in [7, 11) is 0. The molecule has 0 unspecified atom stereocenters. The van der Waals surface area contributed by atoms with Crippen LogP contribution in [0.1, 0.15) is 284 Å². The summed E-state index contributed by atoms with van der Waals surface area (Å²) >= 11 is 0. The molecule has 0 fully saturated rings. The topological polar surface area (TPSA) is 78.9 Å². The van der Waals surface area contributed by atoms with E-state index in [1.165, 1.54) is 154 Å². The Morgan fingerprint density at radius 1 is 0.292 bits per heavy atom. The van der Waals surface area contributed by atoms with E-state index in [-0.39, 0.29) is 37.5 Å². The van der Waals surface area contributed by atoms with Crippen molar-refractivity contribution in [3.8, 4) is 0 Å². The molecular weight excluding hydrogens is 889 g/mol. The molecule has 0 aromatic rings. The van der Waals surface area contributed by atoms with E-state index in [9.17, 15) is 14.4 Å². The van der Waals surface area contributed by atoms with Gasteiger partial charge in [-0.05, 0) is 89.9 Å². The second kappa shape index (κ2) is 59.9. The molecule has 0 saturated heterocycles. The third-order valence-electron chi connectivity index (χ3n) is 12.8. The van der Waals surface area contributed by atoms with Gasteiger partial charge in [-0.2, -0.15) is 0 Å². The fourth-order valence-electron chi connectivity index (χ4n) is 8.32. The molecule has 0 amide bonds. The van der Waals surface area contributed by atoms with Crippen LogP contribution in [0.15, 0.2) is 97.2 Å². The average Bonchev–Trinajstić information content (AvgIpc) is 3.38. The number of hydrogen-bond acceptors (Lipinski definition) is 6. The maximum atomic E-state index is 12.9. The SMILES string of the molecule is CC/C=C\C/C=C\C/C=C\C/C=C\C/C=C\C/C=C\CCC(=O)OC[C@@H](COC(=O)CCCCCCCCCCCCCCCCCC)OC(=O)CCCCCCCCCCC/C=C\C/C=C\CCCCC. The third kappa shape index (κ3) is 57.2. The van der Waals surface area contributed by atoms with Gasteiger partial charge in [-0.15, -0.1) is 0 Å². The summed E-state index contributed by atoms with van der Waals surface area (Å²) in [6, 6.07) is 0. The number of unbranched alkanes of at least 4 members (excludes halogenated alkanes) is 27. The van der Waals surface area contributed by atoms with E-state index >= 15 is 0 Å². The second-order valence-electron chi connectivity index (χ2n) is 19.9. The molecule has 0 radical (unpaired) electrons. The Labute approximate surface area is 445 Å². The van der Waals surface area contributed by atoms with Gasteiger partial charge in [-0.1, -0.05) is 272 Å². The zero-order valence-corrected chi connectivity index (χ0v) is 47.2. The average molecular weight is 1000 g/mol. The van der Waals surface area contributed by atoms with Crippen LogP contribution in [0.2, 0.25) is 0 Å². The highest BCUT2D eigenvalue weighted by molar-refractivity contribution is 5.71. The van der Waals surface area contributed by atoms with Gasteiger partial charge in [0.2, 0.25) is 0 Å². The largest absolute Gasteiger partial charge is 0.462 e. The van der Waals surface area contributed by atoms with Crippen LogP contribution < -0.4 is 0 Å².